The van der Waals surface area contributed by atoms with Crippen LogP contribution >= 0.6 is 0 Å². The lowest BCUT2D eigenvalue weighted by Crippen LogP contribution is -2.28. The van der Waals surface area contributed by atoms with Gasteiger partial charge in [0, 0.05) is 12.8 Å². The topological polar surface area (TPSA) is 72.8 Å². The molecule has 5 nitrogen and oxygen atoms in total. The van der Waals surface area contributed by atoms with Gasteiger partial charge in [-0.2, -0.15) is 0 Å². The van der Waals surface area contributed by atoms with Crippen LogP contribution in [-0.4, -0.2) is 36.4 Å². The van der Waals surface area contributed by atoms with Gasteiger partial charge >= 0.3 is 11.9 Å². The number of aliphatic hydroxyl groups is 1. The molecule has 0 fully saturated rings. The molecular formula is C71H118O5. The van der Waals surface area contributed by atoms with E-state index in [9.17, 15) is 14.7 Å². The maximum absolute atomic E-state index is 12.3. The minimum atomic E-state index is -0.784. The molecule has 1 unspecified atom stereocenters. The fraction of sp³-hybridized carbons (Fsp3) is 0.662. The Morgan fingerprint density at radius 2 is 0.566 bits per heavy atom. The van der Waals surface area contributed by atoms with Crippen molar-refractivity contribution in [2.45, 2.75) is 290 Å². The summed E-state index contributed by atoms with van der Waals surface area (Å²) in [4.78, 5) is 24.6. The molecule has 0 aromatic heterocycles. The van der Waals surface area contributed by atoms with Gasteiger partial charge in [-0.25, -0.2) is 0 Å². The third kappa shape index (κ3) is 62.6. The average Bonchev–Trinajstić information content (AvgIpc) is 3.42. The standard InChI is InChI=1S/C71H118O5/c1-3-5-7-9-11-13-15-17-19-21-23-25-27-29-30-31-32-33-34-35-36-37-38-39-40-42-44-46-48-50-52-54-56-58-60-62-64-66-71(74)76-69(67-72)68-75-70(73)65-63-61-59-57-55-53-51-49-47-45-43-41-28-26-24-22-20-18-16-14-12-10-8-6-4-2/h5,7,11,13,16-19,22-25,28-30,32-33,35-36,38-39,41,69,72H,3-4,6,8-10,12,14-15,20-21,26-27,31,34,37,40,42-68H2,1-2H3/b7-5-,13-11-,18-16-,19-17-,24-22-,25-23-,30-29-,33-32-,36-35-,39-38-,41-28-. The second kappa shape index (κ2) is 65.3. The number of carbonyl (C=O) groups excluding carboxylic acids is 2. The Labute approximate surface area is 470 Å². The van der Waals surface area contributed by atoms with Gasteiger partial charge < -0.3 is 14.6 Å². The molecule has 0 bridgehead atoms. The van der Waals surface area contributed by atoms with Crippen molar-refractivity contribution in [3.8, 4) is 0 Å². The number of carbonyl (C=O) groups is 2. The molecule has 5 heteroatoms. The number of hydrogen-bond acceptors (Lipinski definition) is 5. The Bertz CT molecular complexity index is 1570. The first-order valence-electron chi connectivity index (χ1n) is 31.7. The van der Waals surface area contributed by atoms with Crippen LogP contribution in [0.1, 0.15) is 284 Å². The second-order valence-electron chi connectivity index (χ2n) is 20.8. The van der Waals surface area contributed by atoms with Gasteiger partial charge in [0.1, 0.15) is 6.61 Å². The van der Waals surface area contributed by atoms with Crippen LogP contribution in [0.4, 0.5) is 0 Å². The highest BCUT2D eigenvalue weighted by molar-refractivity contribution is 5.70. The molecule has 76 heavy (non-hydrogen) atoms. The third-order valence-electron chi connectivity index (χ3n) is 13.4. The van der Waals surface area contributed by atoms with Gasteiger partial charge in [0.25, 0.3) is 0 Å². The van der Waals surface area contributed by atoms with E-state index in [1.54, 1.807) is 0 Å². The predicted octanol–water partition coefficient (Wildman–Crippen LogP) is 22.0. The van der Waals surface area contributed by atoms with Gasteiger partial charge in [0.15, 0.2) is 6.10 Å². The number of esters is 2. The van der Waals surface area contributed by atoms with Crippen molar-refractivity contribution in [3.05, 3.63) is 134 Å². The van der Waals surface area contributed by atoms with E-state index in [1.165, 1.54) is 154 Å². The summed E-state index contributed by atoms with van der Waals surface area (Å²) in [5, 5.41) is 9.68. The molecule has 432 valence electrons. The quantitative estimate of drug-likeness (QED) is 0.0373. The minimum Gasteiger partial charge on any atom is -0.462 e. The summed E-state index contributed by atoms with van der Waals surface area (Å²) in [7, 11) is 0. The van der Waals surface area contributed by atoms with Gasteiger partial charge in [-0.1, -0.05) is 289 Å². The smallest absolute Gasteiger partial charge is 0.306 e. The van der Waals surface area contributed by atoms with E-state index < -0.39 is 6.10 Å². The Kier molecular flexibility index (Phi) is 61.9. The lowest BCUT2D eigenvalue weighted by atomic mass is 10.0. The summed E-state index contributed by atoms with van der Waals surface area (Å²) in [5.74, 6) is -0.598. The minimum absolute atomic E-state index is 0.0742. The normalized spacial score (nSPS) is 13.1. The molecule has 1 atom stereocenters. The van der Waals surface area contributed by atoms with Crippen molar-refractivity contribution < 1.29 is 24.2 Å². The van der Waals surface area contributed by atoms with Crippen molar-refractivity contribution in [1.82, 2.24) is 0 Å². The maximum Gasteiger partial charge on any atom is 0.306 e. The SMILES string of the molecule is CC/C=C\C/C=C\C/C=C\C/C=C\C/C=C\C/C=C\C/C=C\C/C=C\CCCCCCCCCCCCCCC(=O)OC(CO)COC(=O)CCCCCCCCCCCC/C=C\C/C=C\C/C=C\CCCCCCC. The molecule has 0 spiro atoms. The zero-order valence-corrected chi connectivity index (χ0v) is 49.5. The summed E-state index contributed by atoms with van der Waals surface area (Å²) < 4.78 is 10.7. The summed E-state index contributed by atoms with van der Waals surface area (Å²) in [5.41, 5.74) is 0. The van der Waals surface area contributed by atoms with E-state index in [2.05, 4.69) is 148 Å². The number of unbranched alkanes of at least 4 members (excludes halogenated alkanes) is 27. The molecule has 0 saturated heterocycles. The van der Waals surface area contributed by atoms with Crippen LogP contribution in [-0.2, 0) is 19.1 Å². The number of hydrogen-bond donors (Lipinski definition) is 1. The molecule has 0 aliphatic rings. The highest BCUT2D eigenvalue weighted by Crippen LogP contribution is 2.16. The van der Waals surface area contributed by atoms with Crippen LogP contribution in [0.3, 0.4) is 0 Å². The number of aliphatic hydroxyl groups excluding tert-OH is 1. The Morgan fingerprint density at radius 1 is 0.316 bits per heavy atom. The number of allylic oxidation sites excluding steroid dienone is 22. The Hall–Kier alpha value is -3.96. The van der Waals surface area contributed by atoms with Crippen molar-refractivity contribution in [1.29, 1.82) is 0 Å². The van der Waals surface area contributed by atoms with Gasteiger partial charge in [-0.3, -0.25) is 9.59 Å². The first-order chi connectivity index (χ1) is 37.6. The molecule has 0 aromatic rings. The zero-order valence-electron chi connectivity index (χ0n) is 49.5. The molecule has 1 N–H and O–H groups in total. The fourth-order valence-corrected chi connectivity index (χ4v) is 8.70. The zero-order chi connectivity index (χ0) is 54.8. The Balaban J connectivity index is 3.54. The van der Waals surface area contributed by atoms with E-state index in [4.69, 9.17) is 9.47 Å². The van der Waals surface area contributed by atoms with Gasteiger partial charge in [0.2, 0.25) is 0 Å². The Morgan fingerprint density at radius 3 is 0.855 bits per heavy atom. The molecule has 0 rings (SSSR count). The molecular weight excluding hydrogens is 933 g/mol. The molecule has 0 heterocycles. The third-order valence-corrected chi connectivity index (χ3v) is 13.4. The van der Waals surface area contributed by atoms with Crippen molar-refractivity contribution in [2.75, 3.05) is 13.2 Å². The van der Waals surface area contributed by atoms with Gasteiger partial charge in [-0.15, -0.1) is 0 Å². The molecule has 0 aliphatic heterocycles. The average molecular weight is 1050 g/mol. The predicted molar refractivity (Wildman–Crippen MR) is 334 cm³/mol. The van der Waals surface area contributed by atoms with E-state index in [1.807, 2.05) is 0 Å². The molecule has 0 amide bonds. The molecule has 0 aromatic carbocycles. The van der Waals surface area contributed by atoms with Crippen LogP contribution in [0.15, 0.2) is 134 Å². The first kappa shape index (κ1) is 72.0. The highest BCUT2D eigenvalue weighted by atomic mass is 16.6. The highest BCUT2D eigenvalue weighted by Gasteiger charge is 2.16. The second-order valence-corrected chi connectivity index (χ2v) is 20.8. The van der Waals surface area contributed by atoms with Crippen LogP contribution in [0.25, 0.3) is 0 Å². The lowest BCUT2D eigenvalue weighted by molar-refractivity contribution is -0.161. The van der Waals surface area contributed by atoms with E-state index in [-0.39, 0.29) is 25.2 Å². The number of ether oxygens (including phenoxy) is 2. The van der Waals surface area contributed by atoms with E-state index >= 15 is 0 Å². The van der Waals surface area contributed by atoms with E-state index in [0.717, 1.165) is 103 Å². The summed E-state index contributed by atoms with van der Waals surface area (Å²) in [6, 6.07) is 0. The van der Waals surface area contributed by atoms with Crippen molar-refractivity contribution in [2.24, 2.45) is 0 Å². The maximum atomic E-state index is 12.3. The lowest BCUT2D eigenvalue weighted by Gasteiger charge is -2.15. The largest absolute Gasteiger partial charge is 0.462 e. The van der Waals surface area contributed by atoms with Crippen LogP contribution in [0.2, 0.25) is 0 Å². The first-order valence-corrected chi connectivity index (χ1v) is 31.7. The van der Waals surface area contributed by atoms with Crippen LogP contribution in [0, 0.1) is 0 Å². The fourth-order valence-electron chi connectivity index (χ4n) is 8.70. The van der Waals surface area contributed by atoms with Crippen molar-refractivity contribution in [3.63, 3.8) is 0 Å². The monoisotopic (exact) mass is 1050 g/mol. The summed E-state index contributed by atoms with van der Waals surface area (Å²) in [6.07, 6.45) is 97.2. The molecule has 0 aliphatic carbocycles. The summed E-state index contributed by atoms with van der Waals surface area (Å²) >= 11 is 0. The van der Waals surface area contributed by atoms with Crippen LogP contribution < -0.4 is 0 Å². The van der Waals surface area contributed by atoms with Crippen molar-refractivity contribution >= 4 is 11.9 Å². The van der Waals surface area contributed by atoms with Gasteiger partial charge in [0.05, 0.1) is 6.61 Å². The van der Waals surface area contributed by atoms with E-state index in [0.29, 0.717) is 12.8 Å². The molecule has 0 saturated carbocycles. The molecule has 0 radical (unpaired) electrons. The summed E-state index contributed by atoms with van der Waals surface area (Å²) in [6.45, 7) is 4.02. The van der Waals surface area contributed by atoms with Crippen LogP contribution in [0.5, 0.6) is 0 Å². The van der Waals surface area contributed by atoms with Gasteiger partial charge in [-0.05, 0) is 116 Å². The number of rotatable bonds is 57.